The maximum absolute atomic E-state index is 13.0. The molecule has 0 saturated carbocycles. The number of pyridine rings is 1. The second-order valence-electron chi connectivity index (χ2n) is 8.03. The van der Waals surface area contributed by atoms with E-state index in [4.69, 9.17) is 9.72 Å². The number of amides is 1. The van der Waals surface area contributed by atoms with E-state index in [1.54, 1.807) is 0 Å². The van der Waals surface area contributed by atoms with Crippen molar-refractivity contribution >= 4 is 28.5 Å². The van der Waals surface area contributed by atoms with Gasteiger partial charge in [0.05, 0.1) is 11.1 Å². The number of anilines is 1. The van der Waals surface area contributed by atoms with Crippen molar-refractivity contribution in [2.45, 2.75) is 46.5 Å². The molecule has 0 atom stereocenters. The van der Waals surface area contributed by atoms with Crippen LogP contribution < -0.4 is 5.32 Å². The lowest BCUT2D eigenvalue weighted by atomic mass is 9.90. The maximum atomic E-state index is 13.0. The predicted molar refractivity (Wildman–Crippen MR) is 118 cm³/mol. The molecule has 30 heavy (non-hydrogen) atoms. The molecule has 154 valence electrons. The van der Waals surface area contributed by atoms with Crippen LogP contribution in [-0.4, -0.2) is 23.5 Å². The molecule has 5 heteroatoms. The highest BCUT2D eigenvalue weighted by atomic mass is 16.5. The SMILES string of the molecule is Cc1cc(C)c(NC(=O)COC(=O)c2c3c(nc4ccccc24)CCCC3)c(C)c1. The number of hydrogen-bond acceptors (Lipinski definition) is 4. The van der Waals surface area contributed by atoms with Crippen LogP contribution in [0.25, 0.3) is 10.9 Å². The second-order valence-corrected chi connectivity index (χ2v) is 8.03. The van der Waals surface area contributed by atoms with Crippen molar-refractivity contribution in [1.29, 1.82) is 0 Å². The van der Waals surface area contributed by atoms with Gasteiger partial charge in [0.1, 0.15) is 0 Å². The average molecular weight is 402 g/mol. The number of ether oxygens (including phenoxy) is 1. The minimum atomic E-state index is -0.459. The van der Waals surface area contributed by atoms with Crippen molar-refractivity contribution in [2.75, 3.05) is 11.9 Å². The number of benzene rings is 2. The number of nitrogens with zero attached hydrogens (tertiary/aromatic N) is 1. The molecule has 0 radical (unpaired) electrons. The van der Waals surface area contributed by atoms with E-state index >= 15 is 0 Å². The average Bonchev–Trinajstić information content (AvgIpc) is 2.72. The Morgan fingerprint density at radius 3 is 2.50 bits per heavy atom. The Hall–Kier alpha value is -3.21. The molecule has 1 aromatic heterocycles. The third-order valence-corrected chi connectivity index (χ3v) is 5.65. The summed E-state index contributed by atoms with van der Waals surface area (Å²) in [6.45, 7) is 5.61. The first-order valence-electron chi connectivity index (χ1n) is 10.4. The zero-order valence-electron chi connectivity index (χ0n) is 17.7. The van der Waals surface area contributed by atoms with Crippen LogP contribution in [0.1, 0.15) is 51.1 Å². The van der Waals surface area contributed by atoms with Gasteiger partial charge in [-0.15, -0.1) is 0 Å². The number of rotatable bonds is 4. The Balaban J connectivity index is 1.55. The zero-order valence-corrected chi connectivity index (χ0v) is 17.7. The molecule has 0 saturated heterocycles. The standard InChI is InChI=1S/C25H26N2O3/c1-15-12-16(2)24(17(3)13-15)27-22(28)14-30-25(29)23-18-8-4-6-10-20(18)26-21-11-7-5-9-19(21)23/h4,6,8,10,12-13H,5,7,9,11,14H2,1-3H3,(H,27,28). The van der Waals surface area contributed by atoms with E-state index in [0.29, 0.717) is 5.56 Å². The Labute approximate surface area is 176 Å². The second kappa shape index (κ2) is 8.27. The predicted octanol–water partition coefficient (Wildman–Crippen LogP) is 4.83. The quantitative estimate of drug-likeness (QED) is 0.635. The summed E-state index contributed by atoms with van der Waals surface area (Å²) < 4.78 is 5.46. The summed E-state index contributed by atoms with van der Waals surface area (Å²) in [6, 6.07) is 11.7. The van der Waals surface area contributed by atoms with E-state index in [1.165, 1.54) is 0 Å². The molecule has 0 unspecified atom stereocenters. The highest BCUT2D eigenvalue weighted by Crippen LogP contribution is 2.30. The number of para-hydroxylation sites is 1. The Morgan fingerprint density at radius 1 is 1.03 bits per heavy atom. The summed E-state index contributed by atoms with van der Waals surface area (Å²) in [6.07, 6.45) is 3.78. The maximum Gasteiger partial charge on any atom is 0.339 e. The van der Waals surface area contributed by atoms with E-state index in [1.807, 2.05) is 57.2 Å². The Morgan fingerprint density at radius 2 is 1.73 bits per heavy atom. The van der Waals surface area contributed by atoms with Gasteiger partial charge in [0.15, 0.2) is 6.61 Å². The van der Waals surface area contributed by atoms with Gasteiger partial charge >= 0.3 is 5.97 Å². The lowest BCUT2D eigenvalue weighted by molar-refractivity contribution is -0.119. The molecular weight excluding hydrogens is 376 g/mol. The normalized spacial score (nSPS) is 13.0. The van der Waals surface area contributed by atoms with Crippen LogP contribution in [0, 0.1) is 20.8 Å². The summed E-state index contributed by atoms with van der Waals surface area (Å²) in [5.74, 6) is -0.801. The molecule has 1 aliphatic rings. The molecule has 5 nitrogen and oxygen atoms in total. The number of aromatic nitrogens is 1. The zero-order chi connectivity index (χ0) is 21.3. The van der Waals surface area contributed by atoms with Gasteiger partial charge in [-0.1, -0.05) is 35.9 Å². The highest BCUT2D eigenvalue weighted by Gasteiger charge is 2.24. The van der Waals surface area contributed by atoms with E-state index < -0.39 is 5.97 Å². The molecule has 1 amide bonds. The molecule has 0 aliphatic heterocycles. The molecule has 1 N–H and O–H groups in total. The van der Waals surface area contributed by atoms with E-state index in [9.17, 15) is 9.59 Å². The Bertz CT molecular complexity index is 1130. The number of carbonyl (C=O) groups excluding carboxylic acids is 2. The fraction of sp³-hybridized carbons (Fsp3) is 0.320. The first-order valence-corrected chi connectivity index (χ1v) is 10.4. The molecular formula is C25H26N2O3. The Kier molecular flexibility index (Phi) is 5.53. The number of carbonyl (C=O) groups is 2. The van der Waals surface area contributed by atoms with Crippen LogP contribution in [-0.2, 0) is 22.4 Å². The van der Waals surface area contributed by atoms with E-state index in [-0.39, 0.29) is 12.5 Å². The number of esters is 1. The van der Waals surface area contributed by atoms with Crippen LogP contribution in [0.15, 0.2) is 36.4 Å². The lowest BCUT2D eigenvalue weighted by Crippen LogP contribution is -2.23. The molecule has 0 spiro atoms. The van der Waals surface area contributed by atoms with Gasteiger partial charge in [-0.2, -0.15) is 0 Å². The van der Waals surface area contributed by atoms with Crippen molar-refractivity contribution in [1.82, 2.24) is 4.98 Å². The first-order chi connectivity index (χ1) is 14.4. The number of nitrogens with one attached hydrogen (secondary N) is 1. The fourth-order valence-electron chi connectivity index (χ4n) is 4.36. The highest BCUT2D eigenvalue weighted by molar-refractivity contribution is 6.06. The minimum absolute atomic E-state index is 0.322. The van der Waals surface area contributed by atoms with Crippen molar-refractivity contribution in [3.63, 3.8) is 0 Å². The van der Waals surface area contributed by atoms with E-state index in [0.717, 1.165) is 70.2 Å². The van der Waals surface area contributed by atoms with Gasteiger partial charge in [-0.3, -0.25) is 9.78 Å². The van der Waals surface area contributed by atoms with Crippen LogP contribution in [0.4, 0.5) is 5.69 Å². The van der Waals surface area contributed by atoms with Crippen molar-refractivity contribution in [3.8, 4) is 0 Å². The first kappa shape index (κ1) is 20.1. The van der Waals surface area contributed by atoms with Gasteiger partial charge in [-0.25, -0.2) is 4.79 Å². The summed E-state index contributed by atoms with van der Waals surface area (Å²) >= 11 is 0. The smallest absolute Gasteiger partial charge is 0.339 e. The summed E-state index contributed by atoms with van der Waals surface area (Å²) in [5.41, 5.74) is 7.18. The van der Waals surface area contributed by atoms with Gasteiger partial charge in [-0.05, 0) is 69.2 Å². The molecule has 0 bridgehead atoms. The van der Waals surface area contributed by atoms with Crippen LogP contribution in [0.3, 0.4) is 0 Å². The minimum Gasteiger partial charge on any atom is -0.452 e. The molecule has 0 fully saturated rings. The molecule has 1 heterocycles. The number of fused-ring (bicyclic) bond motifs is 2. The number of aryl methyl sites for hydroxylation is 4. The number of hydrogen-bond donors (Lipinski definition) is 1. The van der Waals surface area contributed by atoms with Crippen LogP contribution >= 0.6 is 0 Å². The topological polar surface area (TPSA) is 68.3 Å². The summed E-state index contributed by atoms with van der Waals surface area (Å²) in [5, 5.41) is 3.67. The molecule has 3 aromatic rings. The van der Waals surface area contributed by atoms with Crippen LogP contribution in [0.5, 0.6) is 0 Å². The van der Waals surface area contributed by atoms with Crippen molar-refractivity contribution < 1.29 is 14.3 Å². The van der Waals surface area contributed by atoms with Gasteiger partial charge in [0.25, 0.3) is 5.91 Å². The van der Waals surface area contributed by atoms with Gasteiger partial charge < -0.3 is 10.1 Å². The lowest BCUT2D eigenvalue weighted by Gasteiger charge is -2.20. The molecule has 2 aromatic carbocycles. The van der Waals surface area contributed by atoms with Crippen molar-refractivity contribution in [2.24, 2.45) is 0 Å². The van der Waals surface area contributed by atoms with Gasteiger partial charge in [0.2, 0.25) is 0 Å². The van der Waals surface area contributed by atoms with Crippen molar-refractivity contribution in [3.05, 3.63) is 69.9 Å². The third kappa shape index (κ3) is 3.92. The van der Waals surface area contributed by atoms with E-state index in [2.05, 4.69) is 5.32 Å². The third-order valence-electron chi connectivity index (χ3n) is 5.65. The molecule has 1 aliphatic carbocycles. The molecule has 4 rings (SSSR count). The van der Waals surface area contributed by atoms with Crippen LogP contribution in [0.2, 0.25) is 0 Å². The summed E-state index contributed by atoms with van der Waals surface area (Å²) in [4.78, 5) is 30.3. The fourth-order valence-corrected chi connectivity index (χ4v) is 4.36. The van der Waals surface area contributed by atoms with Gasteiger partial charge in [0, 0.05) is 16.8 Å². The summed E-state index contributed by atoms with van der Waals surface area (Å²) in [7, 11) is 0. The largest absolute Gasteiger partial charge is 0.452 e. The monoisotopic (exact) mass is 402 g/mol.